The van der Waals surface area contributed by atoms with Crippen molar-refractivity contribution in [1.82, 2.24) is 0 Å². The summed E-state index contributed by atoms with van der Waals surface area (Å²) in [5, 5.41) is 9.47. The molecule has 5 rings (SSSR count). The summed E-state index contributed by atoms with van der Waals surface area (Å²) in [6, 6.07) is 27.3. The van der Waals surface area contributed by atoms with Gasteiger partial charge < -0.3 is 0 Å². The second-order valence-corrected chi connectivity index (χ2v) is 6.17. The zero-order valence-electron chi connectivity index (χ0n) is 13.0. The van der Waals surface area contributed by atoms with Crippen molar-refractivity contribution in [2.75, 3.05) is 0 Å². The van der Waals surface area contributed by atoms with Crippen LogP contribution in [0, 0.1) is 0 Å². The van der Waals surface area contributed by atoms with Gasteiger partial charge in [0.15, 0.2) is 6.29 Å². The Morgan fingerprint density at radius 1 is 0.500 bits per heavy atom. The van der Waals surface area contributed by atoms with Gasteiger partial charge in [0, 0.05) is 10.9 Å². The topological polar surface area (TPSA) is 17.1 Å². The number of hydrogen-bond donors (Lipinski definition) is 0. The molecule has 0 N–H and O–H groups in total. The van der Waals surface area contributed by atoms with Crippen LogP contribution in [0.4, 0.5) is 0 Å². The molecule has 0 aliphatic heterocycles. The van der Waals surface area contributed by atoms with Crippen molar-refractivity contribution in [1.29, 1.82) is 0 Å². The van der Waals surface area contributed by atoms with Gasteiger partial charge in [0.1, 0.15) is 0 Å². The molecule has 24 heavy (non-hydrogen) atoms. The minimum Gasteiger partial charge on any atom is -0.298 e. The normalized spacial score (nSPS) is 11.5. The van der Waals surface area contributed by atoms with Crippen LogP contribution in [0.25, 0.3) is 43.1 Å². The summed E-state index contributed by atoms with van der Waals surface area (Å²) in [4.78, 5) is 11.5. The highest BCUT2D eigenvalue weighted by molar-refractivity contribution is 6.24. The molecule has 5 aromatic rings. The second-order valence-electron chi connectivity index (χ2n) is 6.17. The van der Waals surface area contributed by atoms with Crippen LogP contribution < -0.4 is 0 Å². The third kappa shape index (κ3) is 1.73. The van der Waals surface area contributed by atoms with E-state index in [4.69, 9.17) is 0 Å². The molecule has 0 radical (unpaired) electrons. The molecule has 1 nitrogen and oxygen atoms in total. The molecule has 0 aliphatic carbocycles. The van der Waals surface area contributed by atoms with Crippen LogP contribution in [0.5, 0.6) is 0 Å². The van der Waals surface area contributed by atoms with Crippen molar-refractivity contribution in [3.05, 3.63) is 84.4 Å². The van der Waals surface area contributed by atoms with E-state index in [0.29, 0.717) is 0 Å². The molecular weight excluding hydrogens is 292 g/mol. The lowest BCUT2D eigenvalue weighted by molar-refractivity contribution is 0.112. The van der Waals surface area contributed by atoms with Crippen molar-refractivity contribution < 1.29 is 4.79 Å². The summed E-state index contributed by atoms with van der Waals surface area (Å²) in [5.74, 6) is 0. The van der Waals surface area contributed by atoms with Gasteiger partial charge >= 0.3 is 0 Å². The molecule has 0 aromatic heterocycles. The number of fused-ring (bicyclic) bond motifs is 7. The average Bonchev–Trinajstić information content (AvgIpc) is 2.66. The predicted octanol–water partition coefficient (Wildman–Crippen LogP) is 6.11. The molecule has 0 atom stereocenters. The Hall–Kier alpha value is -3.19. The summed E-state index contributed by atoms with van der Waals surface area (Å²) >= 11 is 0. The first-order valence-corrected chi connectivity index (χ1v) is 8.08. The molecule has 0 heterocycles. The van der Waals surface area contributed by atoms with Crippen molar-refractivity contribution in [3.63, 3.8) is 0 Å². The van der Waals surface area contributed by atoms with E-state index < -0.39 is 0 Å². The van der Waals surface area contributed by atoms with Gasteiger partial charge in [0.25, 0.3) is 0 Å². The number of rotatable bonds is 1. The zero-order valence-corrected chi connectivity index (χ0v) is 13.0. The van der Waals surface area contributed by atoms with Crippen LogP contribution in [0.1, 0.15) is 10.4 Å². The van der Waals surface area contributed by atoms with E-state index in [2.05, 4.69) is 66.7 Å². The maximum atomic E-state index is 11.5. The third-order valence-corrected chi connectivity index (χ3v) is 4.92. The number of carbonyl (C=O) groups excluding carboxylic acids is 1. The lowest BCUT2D eigenvalue weighted by atomic mass is 9.93. The predicted molar refractivity (Wildman–Crippen MR) is 102 cm³/mol. The SMILES string of the molecule is O=Cc1cccc2ccc3c4ccc5ccccc5c4ccc3c12. The Morgan fingerprint density at radius 3 is 2.00 bits per heavy atom. The molecule has 0 spiro atoms. The second kappa shape index (κ2) is 4.90. The van der Waals surface area contributed by atoms with Crippen LogP contribution in [0.15, 0.2) is 78.9 Å². The molecule has 0 bridgehead atoms. The first-order chi connectivity index (χ1) is 11.9. The molecule has 112 valence electrons. The highest BCUT2D eigenvalue weighted by atomic mass is 16.1. The number of hydrogen-bond acceptors (Lipinski definition) is 1. The minimum atomic E-state index is 0.748. The molecular formula is C23H14O. The summed E-state index contributed by atoms with van der Waals surface area (Å²) in [7, 11) is 0. The van der Waals surface area contributed by atoms with Crippen LogP contribution in [-0.2, 0) is 0 Å². The fourth-order valence-corrected chi connectivity index (χ4v) is 3.82. The lowest BCUT2D eigenvalue weighted by Crippen LogP contribution is -1.87. The van der Waals surface area contributed by atoms with E-state index in [1.165, 1.54) is 26.9 Å². The van der Waals surface area contributed by atoms with Crippen molar-refractivity contribution in [3.8, 4) is 0 Å². The van der Waals surface area contributed by atoms with E-state index in [9.17, 15) is 4.79 Å². The van der Waals surface area contributed by atoms with Crippen LogP contribution >= 0.6 is 0 Å². The molecule has 0 saturated carbocycles. The highest BCUT2D eigenvalue weighted by Crippen LogP contribution is 2.35. The van der Waals surface area contributed by atoms with Crippen molar-refractivity contribution in [2.45, 2.75) is 0 Å². The van der Waals surface area contributed by atoms with Crippen molar-refractivity contribution >= 4 is 49.4 Å². The van der Waals surface area contributed by atoms with E-state index in [1.807, 2.05) is 12.1 Å². The largest absolute Gasteiger partial charge is 0.298 e. The molecule has 1 heteroatoms. The molecule has 0 amide bonds. The molecule has 0 fully saturated rings. The summed E-state index contributed by atoms with van der Waals surface area (Å²) < 4.78 is 0. The summed E-state index contributed by atoms with van der Waals surface area (Å²) in [6.45, 7) is 0. The van der Waals surface area contributed by atoms with Crippen LogP contribution in [-0.4, -0.2) is 6.29 Å². The standard InChI is InChI=1S/C23H14O/c24-14-17-6-3-5-16-9-11-21-20-10-8-15-4-1-2-7-18(15)19(20)12-13-22(21)23(16)17/h1-14H. The van der Waals surface area contributed by atoms with Crippen LogP contribution in [0.2, 0.25) is 0 Å². The van der Waals surface area contributed by atoms with Gasteiger partial charge in [-0.05, 0) is 37.7 Å². The van der Waals surface area contributed by atoms with E-state index in [0.717, 1.165) is 28.0 Å². The monoisotopic (exact) mass is 306 g/mol. The van der Waals surface area contributed by atoms with Crippen LogP contribution in [0.3, 0.4) is 0 Å². The van der Waals surface area contributed by atoms with Gasteiger partial charge in [-0.3, -0.25) is 4.79 Å². The van der Waals surface area contributed by atoms with Gasteiger partial charge in [0.2, 0.25) is 0 Å². The van der Waals surface area contributed by atoms with Gasteiger partial charge in [-0.2, -0.15) is 0 Å². The summed E-state index contributed by atoms with van der Waals surface area (Å²) in [5.41, 5.74) is 0.748. The molecule has 0 aliphatic rings. The Labute approximate surface area is 139 Å². The first kappa shape index (κ1) is 13.3. The van der Waals surface area contributed by atoms with Crippen molar-refractivity contribution in [2.24, 2.45) is 0 Å². The molecule has 0 unspecified atom stereocenters. The maximum Gasteiger partial charge on any atom is 0.150 e. The number of benzene rings is 5. The van der Waals surface area contributed by atoms with Gasteiger partial charge in [0.05, 0.1) is 0 Å². The minimum absolute atomic E-state index is 0.748. The molecule has 0 saturated heterocycles. The lowest BCUT2D eigenvalue weighted by Gasteiger charge is -2.11. The van der Waals surface area contributed by atoms with Gasteiger partial charge in [-0.25, -0.2) is 0 Å². The Morgan fingerprint density at radius 2 is 1.12 bits per heavy atom. The smallest absolute Gasteiger partial charge is 0.150 e. The Balaban J connectivity index is 2.04. The van der Waals surface area contributed by atoms with E-state index in [-0.39, 0.29) is 0 Å². The number of carbonyl (C=O) groups is 1. The van der Waals surface area contributed by atoms with E-state index in [1.54, 1.807) is 0 Å². The maximum absolute atomic E-state index is 11.5. The quantitative estimate of drug-likeness (QED) is 0.270. The number of aldehydes is 1. The average molecular weight is 306 g/mol. The fraction of sp³-hybridized carbons (Fsp3) is 0. The van der Waals surface area contributed by atoms with E-state index >= 15 is 0 Å². The van der Waals surface area contributed by atoms with Gasteiger partial charge in [-0.1, -0.05) is 78.9 Å². The summed E-state index contributed by atoms with van der Waals surface area (Å²) in [6.07, 6.45) is 0.951. The third-order valence-electron chi connectivity index (χ3n) is 4.92. The zero-order chi connectivity index (χ0) is 16.1. The highest BCUT2D eigenvalue weighted by Gasteiger charge is 2.09. The Bertz CT molecular complexity index is 1270. The fourth-order valence-electron chi connectivity index (χ4n) is 3.82. The van der Waals surface area contributed by atoms with Gasteiger partial charge in [-0.15, -0.1) is 0 Å². The Kier molecular flexibility index (Phi) is 2.71. The molecule has 5 aromatic carbocycles. The first-order valence-electron chi connectivity index (χ1n) is 8.08.